The average molecular weight is 438 g/mol. The average Bonchev–Trinajstić information content (AvgIpc) is 3.28. The first kappa shape index (κ1) is 19.9. The van der Waals surface area contributed by atoms with Crippen LogP contribution in [0.25, 0.3) is 11.3 Å². The van der Waals surface area contributed by atoms with Crippen LogP contribution in [0.4, 0.5) is 18.3 Å². The largest absolute Gasteiger partial charge is 0.438 e. The van der Waals surface area contributed by atoms with Crippen molar-refractivity contribution in [1.82, 2.24) is 4.98 Å². The van der Waals surface area contributed by atoms with E-state index in [2.05, 4.69) is 10.1 Å². The first-order chi connectivity index (χ1) is 13.7. The standard InChI is InChI=1S/C20H15ClF3N3OS/c1-12-2-4-13(5-3-12)16-10-19(28,20(22,23)24)27(26-16)18-25-17(11-29-18)14-6-8-15(21)9-7-14/h2-9,11,28H,10H2,1H3. The van der Waals surface area contributed by atoms with Crippen LogP contribution in [0.2, 0.25) is 5.02 Å². The Morgan fingerprint density at radius 2 is 1.69 bits per heavy atom. The number of hydrazone groups is 1. The fourth-order valence-electron chi connectivity index (χ4n) is 2.99. The minimum Gasteiger partial charge on any atom is -0.362 e. The second kappa shape index (κ2) is 7.12. The van der Waals surface area contributed by atoms with Crippen LogP contribution in [0.1, 0.15) is 17.5 Å². The number of hydrogen-bond donors (Lipinski definition) is 1. The van der Waals surface area contributed by atoms with Crippen molar-refractivity contribution in [1.29, 1.82) is 0 Å². The molecule has 1 aliphatic rings. The van der Waals surface area contributed by atoms with Crippen molar-refractivity contribution in [3.8, 4) is 11.3 Å². The minimum absolute atomic E-state index is 0.0445. The summed E-state index contributed by atoms with van der Waals surface area (Å²) in [6.07, 6.45) is -5.61. The molecule has 4 nitrogen and oxygen atoms in total. The maximum Gasteiger partial charge on any atom is 0.438 e. The Balaban J connectivity index is 1.74. The van der Waals surface area contributed by atoms with Gasteiger partial charge < -0.3 is 5.11 Å². The highest BCUT2D eigenvalue weighted by Gasteiger charge is 2.62. The van der Waals surface area contributed by atoms with Gasteiger partial charge in [-0.15, -0.1) is 11.3 Å². The van der Waals surface area contributed by atoms with Crippen molar-refractivity contribution < 1.29 is 18.3 Å². The lowest BCUT2D eigenvalue weighted by molar-refractivity contribution is -0.254. The van der Waals surface area contributed by atoms with E-state index in [0.29, 0.717) is 26.9 Å². The number of rotatable bonds is 3. The highest BCUT2D eigenvalue weighted by Crippen LogP contribution is 2.45. The molecule has 150 valence electrons. The minimum atomic E-state index is -4.92. The third-order valence-electron chi connectivity index (χ3n) is 4.64. The summed E-state index contributed by atoms with van der Waals surface area (Å²) in [5, 5.41) is 17.4. The number of benzene rings is 2. The summed E-state index contributed by atoms with van der Waals surface area (Å²) in [6, 6.07) is 13.7. The monoisotopic (exact) mass is 437 g/mol. The number of aromatic nitrogens is 1. The Bertz CT molecular complexity index is 1060. The van der Waals surface area contributed by atoms with Gasteiger partial charge in [-0.1, -0.05) is 53.6 Å². The van der Waals surface area contributed by atoms with Crippen LogP contribution in [0.15, 0.2) is 59.0 Å². The predicted molar refractivity (Wildman–Crippen MR) is 108 cm³/mol. The Hall–Kier alpha value is -2.42. The third-order valence-corrected chi connectivity index (χ3v) is 5.71. The first-order valence-electron chi connectivity index (χ1n) is 8.63. The molecule has 29 heavy (non-hydrogen) atoms. The van der Waals surface area contributed by atoms with Gasteiger partial charge in [0.15, 0.2) is 0 Å². The molecule has 0 saturated heterocycles. The second-order valence-corrected chi connectivity index (χ2v) is 8.01. The van der Waals surface area contributed by atoms with Crippen LogP contribution in [0.3, 0.4) is 0 Å². The zero-order chi connectivity index (χ0) is 20.8. The fraction of sp³-hybridized carbons (Fsp3) is 0.200. The SMILES string of the molecule is Cc1ccc(C2=NN(c3nc(-c4ccc(Cl)cc4)cs3)C(O)(C(F)(F)F)C2)cc1. The predicted octanol–water partition coefficient (Wildman–Crippen LogP) is 5.64. The summed E-state index contributed by atoms with van der Waals surface area (Å²) in [7, 11) is 0. The van der Waals surface area contributed by atoms with Crippen molar-refractivity contribution in [2.45, 2.75) is 25.2 Å². The number of alkyl halides is 3. The first-order valence-corrected chi connectivity index (χ1v) is 9.88. The van der Waals surface area contributed by atoms with Crippen LogP contribution in [-0.2, 0) is 0 Å². The van der Waals surface area contributed by atoms with Crippen molar-refractivity contribution >= 4 is 33.8 Å². The molecular weight excluding hydrogens is 423 g/mol. The number of hydrogen-bond acceptors (Lipinski definition) is 5. The molecule has 0 saturated carbocycles. The molecule has 0 aliphatic carbocycles. The van der Waals surface area contributed by atoms with E-state index in [-0.39, 0.29) is 10.8 Å². The number of halogens is 4. The quantitative estimate of drug-likeness (QED) is 0.577. The molecule has 0 bridgehead atoms. The van der Waals surface area contributed by atoms with Gasteiger partial charge in [0.2, 0.25) is 5.13 Å². The molecule has 0 radical (unpaired) electrons. The van der Waals surface area contributed by atoms with E-state index in [1.54, 1.807) is 53.9 Å². The summed E-state index contributed by atoms with van der Waals surface area (Å²) >= 11 is 6.86. The summed E-state index contributed by atoms with van der Waals surface area (Å²) in [4.78, 5) is 4.28. The van der Waals surface area contributed by atoms with E-state index in [0.717, 1.165) is 16.9 Å². The Morgan fingerprint density at radius 3 is 2.31 bits per heavy atom. The number of anilines is 1. The molecule has 1 aromatic heterocycles. The topological polar surface area (TPSA) is 48.7 Å². The number of thiazole rings is 1. The van der Waals surface area contributed by atoms with Gasteiger partial charge in [0.05, 0.1) is 17.8 Å². The molecule has 1 atom stereocenters. The van der Waals surface area contributed by atoms with E-state index >= 15 is 0 Å². The van der Waals surface area contributed by atoms with Crippen molar-refractivity contribution in [3.63, 3.8) is 0 Å². The normalized spacial score (nSPS) is 19.5. The molecule has 1 unspecified atom stereocenters. The lowest BCUT2D eigenvalue weighted by Gasteiger charge is -2.32. The maximum atomic E-state index is 13.8. The Labute approximate surface area is 173 Å². The van der Waals surface area contributed by atoms with Gasteiger partial charge in [-0.3, -0.25) is 0 Å². The smallest absolute Gasteiger partial charge is 0.362 e. The zero-order valence-electron chi connectivity index (χ0n) is 15.1. The van der Waals surface area contributed by atoms with Crippen LogP contribution < -0.4 is 5.01 Å². The highest BCUT2D eigenvalue weighted by atomic mass is 35.5. The molecule has 0 spiro atoms. The summed E-state index contributed by atoms with van der Waals surface area (Å²) < 4.78 is 41.4. The van der Waals surface area contributed by atoms with Crippen LogP contribution in [0.5, 0.6) is 0 Å². The highest BCUT2D eigenvalue weighted by molar-refractivity contribution is 7.14. The van der Waals surface area contributed by atoms with Gasteiger partial charge in [0.1, 0.15) is 0 Å². The lowest BCUT2D eigenvalue weighted by atomic mass is 10.0. The molecule has 9 heteroatoms. The maximum absolute atomic E-state index is 13.8. The van der Waals surface area contributed by atoms with Gasteiger partial charge in [-0.05, 0) is 24.6 Å². The van der Waals surface area contributed by atoms with E-state index in [9.17, 15) is 18.3 Å². The number of aryl methyl sites for hydroxylation is 1. The van der Waals surface area contributed by atoms with E-state index in [1.807, 2.05) is 6.92 Å². The molecule has 0 fully saturated rings. The number of aliphatic hydroxyl groups is 1. The second-order valence-electron chi connectivity index (χ2n) is 6.74. The van der Waals surface area contributed by atoms with Crippen molar-refractivity contribution in [3.05, 3.63) is 70.1 Å². The summed E-state index contributed by atoms with van der Waals surface area (Å²) in [6.45, 7) is 1.88. The molecule has 2 heterocycles. The molecule has 0 amide bonds. The lowest BCUT2D eigenvalue weighted by Crippen LogP contribution is -2.55. The zero-order valence-corrected chi connectivity index (χ0v) is 16.7. The molecule has 1 aliphatic heterocycles. The summed E-state index contributed by atoms with van der Waals surface area (Å²) in [5.41, 5.74) is -0.340. The van der Waals surface area contributed by atoms with Gasteiger partial charge >= 0.3 is 6.18 Å². The molecule has 2 aromatic carbocycles. The van der Waals surface area contributed by atoms with Crippen LogP contribution in [0, 0.1) is 6.92 Å². The van der Waals surface area contributed by atoms with Gasteiger partial charge in [-0.25, -0.2) is 4.98 Å². The van der Waals surface area contributed by atoms with Crippen molar-refractivity contribution in [2.24, 2.45) is 5.10 Å². The van der Waals surface area contributed by atoms with Gasteiger partial charge in [0, 0.05) is 16.0 Å². The van der Waals surface area contributed by atoms with E-state index in [1.165, 1.54) is 0 Å². The van der Waals surface area contributed by atoms with Gasteiger partial charge in [-0.2, -0.15) is 23.3 Å². The van der Waals surface area contributed by atoms with Crippen LogP contribution in [-0.4, -0.2) is 27.7 Å². The van der Waals surface area contributed by atoms with E-state index in [4.69, 9.17) is 11.6 Å². The number of nitrogens with zero attached hydrogens (tertiary/aromatic N) is 3. The van der Waals surface area contributed by atoms with E-state index < -0.39 is 18.3 Å². The molecule has 3 aromatic rings. The van der Waals surface area contributed by atoms with Crippen molar-refractivity contribution in [2.75, 3.05) is 5.01 Å². The molecule has 1 N–H and O–H groups in total. The molecular formula is C20H15ClF3N3OS. The fourth-order valence-corrected chi connectivity index (χ4v) is 3.96. The Morgan fingerprint density at radius 1 is 1.07 bits per heavy atom. The third kappa shape index (κ3) is 3.63. The Kier molecular flexibility index (Phi) is 4.88. The van der Waals surface area contributed by atoms with Gasteiger partial charge in [0.25, 0.3) is 5.72 Å². The van der Waals surface area contributed by atoms with Crippen LogP contribution >= 0.6 is 22.9 Å². The summed E-state index contributed by atoms with van der Waals surface area (Å²) in [5.74, 6) is 0. The molecule has 4 rings (SSSR count).